The SMILES string of the molecule is CCOC(=O)C1C(=O)CCN(C(=O)OC(C)(C)C)C1C. The van der Waals surface area contributed by atoms with Crippen LogP contribution in [0, 0.1) is 5.92 Å². The minimum atomic E-state index is -0.920. The largest absolute Gasteiger partial charge is 0.465 e. The summed E-state index contributed by atoms with van der Waals surface area (Å²) in [6.45, 7) is 9.14. The molecule has 114 valence electrons. The third kappa shape index (κ3) is 3.95. The van der Waals surface area contributed by atoms with Crippen LogP contribution in [0.3, 0.4) is 0 Å². The first-order chi connectivity index (χ1) is 9.17. The van der Waals surface area contributed by atoms with Gasteiger partial charge in [-0.3, -0.25) is 9.59 Å². The fourth-order valence-corrected chi connectivity index (χ4v) is 2.18. The lowest BCUT2D eigenvalue weighted by molar-refractivity contribution is -0.155. The highest BCUT2D eigenvalue weighted by Crippen LogP contribution is 2.24. The number of Topliss-reactive ketones (excluding diaryl/α,β-unsaturated/α-hetero) is 1. The maximum atomic E-state index is 12.1. The molecule has 0 N–H and O–H groups in total. The van der Waals surface area contributed by atoms with Crippen LogP contribution in [0.5, 0.6) is 0 Å². The van der Waals surface area contributed by atoms with E-state index >= 15 is 0 Å². The molecule has 1 amide bonds. The maximum absolute atomic E-state index is 12.1. The molecule has 0 bridgehead atoms. The summed E-state index contributed by atoms with van der Waals surface area (Å²) in [5.74, 6) is -1.68. The van der Waals surface area contributed by atoms with Gasteiger partial charge in [0, 0.05) is 13.0 Å². The van der Waals surface area contributed by atoms with Crippen molar-refractivity contribution in [2.24, 2.45) is 5.92 Å². The number of esters is 1. The van der Waals surface area contributed by atoms with Gasteiger partial charge in [0.1, 0.15) is 11.5 Å². The molecule has 2 atom stereocenters. The Morgan fingerprint density at radius 3 is 2.45 bits per heavy atom. The van der Waals surface area contributed by atoms with Crippen LogP contribution < -0.4 is 0 Å². The first-order valence-electron chi connectivity index (χ1n) is 6.86. The summed E-state index contributed by atoms with van der Waals surface area (Å²) >= 11 is 0. The number of piperidine rings is 1. The van der Waals surface area contributed by atoms with E-state index in [0.717, 1.165) is 0 Å². The second-order valence-corrected chi connectivity index (χ2v) is 5.86. The van der Waals surface area contributed by atoms with E-state index in [-0.39, 0.29) is 25.4 Å². The van der Waals surface area contributed by atoms with Crippen molar-refractivity contribution in [3.05, 3.63) is 0 Å². The number of ketones is 1. The molecule has 1 saturated heterocycles. The smallest absolute Gasteiger partial charge is 0.410 e. The summed E-state index contributed by atoms with van der Waals surface area (Å²) in [7, 11) is 0. The second kappa shape index (κ2) is 6.24. The summed E-state index contributed by atoms with van der Waals surface area (Å²) in [5, 5.41) is 0. The maximum Gasteiger partial charge on any atom is 0.410 e. The molecule has 1 heterocycles. The van der Waals surface area contributed by atoms with E-state index in [0.29, 0.717) is 0 Å². The lowest BCUT2D eigenvalue weighted by Gasteiger charge is -2.37. The minimum absolute atomic E-state index is 0.146. The number of nitrogens with zero attached hydrogens (tertiary/aromatic N) is 1. The molecule has 0 aromatic heterocycles. The van der Waals surface area contributed by atoms with Crippen LogP contribution in [-0.2, 0) is 19.1 Å². The number of hydrogen-bond acceptors (Lipinski definition) is 5. The fraction of sp³-hybridized carbons (Fsp3) is 0.786. The number of hydrogen-bond donors (Lipinski definition) is 0. The highest BCUT2D eigenvalue weighted by molar-refractivity contribution is 6.01. The molecule has 1 rings (SSSR count). The number of carbonyl (C=O) groups is 3. The molecule has 0 aromatic rings. The van der Waals surface area contributed by atoms with Crippen LogP contribution in [0.15, 0.2) is 0 Å². The topological polar surface area (TPSA) is 72.9 Å². The minimum Gasteiger partial charge on any atom is -0.465 e. The fourth-order valence-electron chi connectivity index (χ4n) is 2.18. The van der Waals surface area contributed by atoms with Crippen molar-refractivity contribution in [2.45, 2.75) is 52.7 Å². The van der Waals surface area contributed by atoms with Gasteiger partial charge in [-0.1, -0.05) is 0 Å². The zero-order chi connectivity index (χ0) is 15.5. The molecule has 6 nitrogen and oxygen atoms in total. The van der Waals surface area contributed by atoms with Gasteiger partial charge in [-0.05, 0) is 34.6 Å². The Morgan fingerprint density at radius 1 is 1.35 bits per heavy atom. The van der Waals surface area contributed by atoms with Crippen LogP contribution in [0.2, 0.25) is 0 Å². The molecule has 0 saturated carbocycles. The number of likely N-dealkylation sites (tertiary alicyclic amines) is 1. The summed E-state index contributed by atoms with van der Waals surface area (Å²) in [6.07, 6.45) is -0.362. The van der Waals surface area contributed by atoms with E-state index in [1.807, 2.05) is 0 Å². The number of ether oxygens (including phenoxy) is 2. The Bertz CT molecular complexity index is 399. The first kappa shape index (κ1) is 16.5. The van der Waals surface area contributed by atoms with Crippen LogP contribution in [-0.4, -0.2) is 47.5 Å². The van der Waals surface area contributed by atoms with E-state index in [1.54, 1.807) is 34.6 Å². The summed E-state index contributed by atoms with van der Waals surface area (Å²) in [5.41, 5.74) is -0.613. The number of amides is 1. The van der Waals surface area contributed by atoms with E-state index in [9.17, 15) is 14.4 Å². The predicted molar refractivity (Wildman–Crippen MR) is 72.1 cm³/mol. The third-order valence-corrected chi connectivity index (χ3v) is 3.09. The lowest BCUT2D eigenvalue weighted by atomic mass is 9.89. The summed E-state index contributed by atoms with van der Waals surface area (Å²) in [6, 6.07) is -0.551. The standard InChI is InChI=1S/C14H23NO5/c1-6-19-12(17)11-9(2)15(8-7-10(11)16)13(18)20-14(3,4)5/h9,11H,6-8H2,1-5H3. The van der Waals surface area contributed by atoms with Crippen LogP contribution in [0.4, 0.5) is 4.79 Å². The van der Waals surface area contributed by atoms with Gasteiger partial charge >= 0.3 is 12.1 Å². The quantitative estimate of drug-likeness (QED) is 0.571. The summed E-state index contributed by atoms with van der Waals surface area (Å²) in [4.78, 5) is 37.3. The average molecular weight is 285 g/mol. The monoisotopic (exact) mass is 285 g/mol. The molecule has 0 aromatic carbocycles. The van der Waals surface area contributed by atoms with E-state index < -0.39 is 29.6 Å². The van der Waals surface area contributed by atoms with Crippen molar-refractivity contribution in [1.29, 1.82) is 0 Å². The van der Waals surface area contributed by atoms with Crippen molar-refractivity contribution in [3.63, 3.8) is 0 Å². The zero-order valence-electron chi connectivity index (χ0n) is 12.8. The van der Waals surface area contributed by atoms with Crippen molar-refractivity contribution in [3.8, 4) is 0 Å². The van der Waals surface area contributed by atoms with Crippen molar-refractivity contribution < 1.29 is 23.9 Å². The Balaban J connectivity index is 2.83. The van der Waals surface area contributed by atoms with Gasteiger partial charge in [0.15, 0.2) is 5.78 Å². The van der Waals surface area contributed by atoms with Gasteiger partial charge < -0.3 is 14.4 Å². The van der Waals surface area contributed by atoms with Crippen LogP contribution in [0.1, 0.15) is 41.0 Å². The summed E-state index contributed by atoms with van der Waals surface area (Å²) < 4.78 is 10.2. The Kier molecular flexibility index (Phi) is 5.14. The highest BCUT2D eigenvalue weighted by atomic mass is 16.6. The molecule has 0 aliphatic carbocycles. The molecule has 0 spiro atoms. The molecule has 20 heavy (non-hydrogen) atoms. The average Bonchev–Trinajstić information content (AvgIpc) is 2.26. The van der Waals surface area contributed by atoms with Crippen LogP contribution >= 0.6 is 0 Å². The van der Waals surface area contributed by atoms with Gasteiger partial charge in [0.05, 0.1) is 12.6 Å². The molecule has 6 heteroatoms. The van der Waals surface area contributed by atoms with Crippen LogP contribution in [0.25, 0.3) is 0 Å². The van der Waals surface area contributed by atoms with Gasteiger partial charge in [0.2, 0.25) is 0 Å². The zero-order valence-corrected chi connectivity index (χ0v) is 12.8. The van der Waals surface area contributed by atoms with Crippen molar-refractivity contribution in [2.75, 3.05) is 13.2 Å². The van der Waals surface area contributed by atoms with Gasteiger partial charge in [-0.2, -0.15) is 0 Å². The predicted octanol–water partition coefficient (Wildman–Crippen LogP) is 1.76. The third-order valence-electron chi connectivity index (χ3n) is 3.09. The Morgan fingerprint density at radius 2 is 1.95 bits per heavy atom. The van der Waals surface area contributed by atoms with Crippen molar-refractivity contribution >= 4 is 17.8 Å². The Labute approximate surface area is 119 Å². The molecule has 1 aliphatic rings. The number of rotatable bonds is 2. The van der Waals surface area contributed by atoms with Gasteiger partial charge in [-0.15, -0.1) is 0 Å². The molecule has 2 unspecified atom stereocenters. The normalized spacial score (nSPS) is 23.4. The Hall–Kier alpha value is -1.59. The number of carbonyl (C=O) groups excluding carboxylic acids is 3. The van der Waals surface area contributed by atoms with E-state index in [1.165, 1.54) is 4.90 Å². The molecule has 1 fully saturated rings. The van der Waals surface area contributed by atoms with Crippen molar-refractivity contribution in [1.82, 2.24) is 4.90 Å². The molecule has 0 radical (unpaired) electrons. The van der Waals surface area contributed by atoms with E-state index in [2.05, 4.69) is 0 Å². The molecular formula is C14H23NO5. The highest BCUT2D eigenvalue weighted by Gasteiger charge is 2.43. The first-order valence-corrected chi connectivity index (χ1v) is 6.86. The molecule has 1 aliphatic heterocycles. The second-order valence-electron chi connectivity index (χ2n) is 5.86. The van der Waals surface area contributed by atoms with Gasteiger partial charge in [-0.25, -0.2) is 4.79 Å². The lowest BCUT2D eigenvalue weighted by Crippen LogP contribution is -2.54. The molecular weight excluding hydrogens is 262 g/mol. The van der Waals surface area contributed by atoms with Gasteiger partial charge in [0.25, 0.3) is 0 Å². The van der Waals surface area contributed by atoms with E-state index in [4.69, 9.17) is 9.47 Å².